The Labute approximate surface area is 59.7 Å². The summed E-state index contributed by atoms with van der Waals surface area (Å²) >= 11 is 0. The molecule has 0 aromatic rings. The highest BCUT2D eigenvalue weighted by atomic mass is 14.6. The molecule has 0 saturated carbocycles. The normalized spacial score (nSPS) is 4.40. The van der Waals surface area contributed by atoms with Crippen molar-refractivity contribution in [1.29, 1.82) is 0 Å². The maximum atomic E-state index is 3.57. The minimum Gasteiger partial charge on any atom is -0.196 e. The third kappa shape index (κ3) is 6.09. The molecule has 0 saturated heterocycles. The van der Waals surface area contributed by atoms with E-state index in [2.05, 4.69) is 52.7 Å². The largest absolute Gasteiger partial charge is 0.196 e. The van der Waals surface area contributed by atoms with Gasteiger partial charge in [-0.15, -0.1) is 0 Å². The van der Waals surface area contributed by atoms with Crippen LogP contribution in [0.3, 0.4) is 0 Å². The third-order valence-electron chi connectivity index (χ3n) is 0.498. The predicted molar refractivity (Wildman–Crippen MR) is 40.8 cm³/mol. The van der Waals surface area contributed by atoms with Gasteiger partial charge in [-0.25, -0.2) is 0 Å². The van der Waals surface area contributed by atoms with Gasteiger partial charge in [-0.2, -0.15) is 4.99 Å². The Morgan fingerprint density at radius 3 is 2.40 bits per heavy atom. The van der Waals surface area contributed by atoms with Crippen LogP contribution >= 0.6 is 0 Å². The van der Waals surface area contributed by atoms with Crippen LogP contribution in [0.2, 0.25) is 0 Å². The molecule has 0 fully saturated rings. The lowest BCUT2D eigenvalue weighted by Gasteiger charge is -1.53. The van der Waals surface area contributed by atoms with Gasteiger partial charge in [0.1, 0.15) is 0 Å². The maximum Gasteiger partial charge on any atom is 0.0884 e. The van der Waals surface area contributed by atoms with Crippen LogP contribution in [0, 0.1) is 0 Å². The first-order valence-electron chi connectivity index (χ1n) is 2.48. The Hall–Kier alpha value is -1.91. The van der Waals surface area contributed by atoms with Gasteiger partial charge in [-0.3, -0.25) is 0 Å². The van der Waals surface area contributed by atoms with Gasteiger partial charge in [0.15, 0.2) is 0 Å². The van der Waals surface area contributed by atoms with Crippen molar-refractivity contribution in [3.63, 3.8) is 0 Å². The van der Waals surface area contributed by atoms with Crippen LogP contribution in [0.25, 0.3) is 0 Å². The fraction of sp³-hybridized carbons (Fsp3) is 0. The standard InChI is InChI=1S/C9H5N/c1-3-5-7-9-10-8-6-4-2/h9H,1-2H2. The van der Waals surface area contributed by atoms with Gasteiger partial charge in [-0.1, -0.05) is 11.5 Å². The van der Waals surface area contributed by atoms with E-state index in [1.165, 1.54) is 6.20 Å². The summed E-state index contributed by atoms with van der Waals surface area (Å²) in [5.74, 6) is 2.39. The summed E-state index contributed by atoms with van der Waals surface area (Å²) < 4.78 is 0. The Morgan fingerprint density at radius 1 is 1.10 bits per heavy atom. The van der Waals surface area contributed by atoms with Crippen molar-refractivity contribution >= 4 is 5.87 Å². The molecule has 0 N–H and O–H groups in total. The summed E-state index contributed by atoms with van der Waals surface area (Å²) in [4.78, 5) is 3.57. The molecule has 0 bridgehead atoms. The summed E-state index contributed by atoms with van der Waals surface area (Å²) in [5, 5.41) is 0. The number of aliphatic imine (C=N–C) groups is 1. The average molecular weight is 127 g/mol. The highest BCUT2D eigenvalue weighted by Gasteiger charge is 1.47. The lowest BCUT2D eigenvalue weighted by molar-refractivity contribution is 1.63. The van der Waals surface area contributed by atoms with Crippen LogP contribution in [0.5, 0.6) is 0 Å². The molecule has 46 valence electrons. The maximum absolute atomic E-state index is 3.57. The summed E-state index contributed by atoms with van der Waals surface area (Å²) in [7, 11) is 0. The van der Waals surface area contributed by atoms with E-state index in [0.29, 0.717) is 0 Å². The zero-order valence-corrected chi connectivity index (χ0v) is 5.44. The Bertz CT molecular complexity index is 289. The lowest BCUT2D eigenvalue weighted by Crippen LogP contribution is -1.41. The summed E-state index contributed by atoms with van der Waals surface area (Å²) in [6.07, 6.45) is 1.36. The topological polar surface area (TPSA) is 12.4 Å². The molecular weight excluding hydrogens is 122 g/mol. The molecule has 0 atom stereocenters. The quantitative estimate of drug-likeness (QED) is 0.376. The van der Waals surface area contributed by atoms with Gasteiger partial charge in [0.2, 0.25) is 0 Å². The minimum absolute atomic E-state index is 1.36. The van der Waals surface area contributed by atoms with Gasteiger partial charge < -0.3 is 0 Å². The highest BCUT2D eigenvalue weighted by molar-refractivity contribution is 5.50. The lowest BCUT2D eigenvalue weighted by atomic mass is 10.7. The van der Waals surface area contributed by atoms with Crippen molar-refractivity contribution in [3.8, 4) is 0 Å². The molecule has 0 amide bonds. The first-order chi connectivity index (χ1) is 4.91. The van der Waals surface area contributed by atoms with Crippen LogP contribution in [0.15, 0.2) is 53.0 Å². The third-order valence-corrected chi connectivity index (χ3v) is 0.498. The fourth-order valence-electron chi connectivity index (χ4n) is 0.220. The molecule has 0 unspecified atom stereocenters. The number of nitrogens with zero attached hydrogens (tertiary/aromatic N) is 1. The first-order valence-corrected chi connectivity index (χ1v) is 2.48. The van der Waals surface area contributed by atoms with Crippen molar-refractivity contribution in [2.24, 2.45) is 4.99 Å². The second-order valence-corrected chi connectivity index (χ2v) is 1.12. The van der Waals surface area contributed by atoms with E-state index in [-0.39, 0.29) is 0 Å². The molecule has 0 spiro atoms. The highest BCUT2D eigenvalue weighted by Crippen LogP contribution is 1.62. The first kappa shape index (κ1) is 8.09. The average Bonchev–Trinajstić information content (AvgIpc) is 1.97. The second kappa shape index (κ2) is 7.09. The van der Waals surface area contributed by atoms with Gasteiger partial charge in [0.05, 0.1) is 6.20 Å². The van der Waals surface area contributed by atoms with E-state index in [1.54, 1.807) is 0 Å². The number of rotatable bonds is 1. The van der Waals surface area contributed by atoms with E-state index in [9.17, 15) is 0 Å². The monoisotopic (exact) mass is 127 g/mol. The van der Waals surface area contributed by atoms with Crippen LogP contribution in [0.1, 0.15) is 0 Å². The SMILES string of the molecule is C=C=C=C=CN=C=C=C=C. The van der Waals surface area contributed by atoms with Gasteiger partial charge >= 0.3 is 0 Å². The summed E-state index contributed by atoms with van der Waals surface area (Å²) in [6.45, 7) is 6.54. The van der Waals surface area contributed by atoms with Crippen molar-refractivity contribution in [2.75, 3.05) is 0 Å². The fourth-order valence-corrected chi connectivity index (χ4v) is 0.220. The van der Waals surface area contributed by atoms with E-state index in [4.69, 9.17) is 0 Å². The summed E-state index contributed by atoms with van der Waals surface area (Å²) in [6, 6.07) is 0. The minimum atomic E-state index is 1.36. The zero-order valence-electron chi connectivity index (χ0n) is 5.44. The predicted octanol–water partition coefficient (Wildman–Crippen LogP) is 1.76. The van der Waals surface area contributed by atoms with E-state index < -0.39 is 0 Å². The van der Waals surface area contributed by atoms with E-state index in [1.807, 2.05) is 0 Å². The van der Waals surface area contributed by atoms with Gasteiger partial charge in [0.25, 0.3) is 0 Å². The van der Waals surface area contributed by atoms with Crippen LogP contribution in [-0.4, -0.2) is 5.87 Å². The number of hydrogen-bond donors (Lipinski definition) is 0. The van der Waals surface area contributed by atoms with Crippen molar-refractivity contribution in [3.05, 3.63) is 48.0 Å². The molecule has 10 heavy (non-hydrogen) atoms. The van der Waals surface area contributed by atoms with E-state index >= 15 is 0 Å². The van der Waals surface area contributed by atoms with Crippen LogP contribution < -0.4 is 0 Å². The van der Waals surface area contributed by atoms with Crippen LogP contribution in [-0.2, 0) is 0 Å². The summed E-state index contributed by atoms with van der Waals surface area (Å²) in [5.41, 5.74) is 12.1. The molecule has 1 nitrogen and oxygen atoms in total. The molecule has 0 aliphatic rings. The smallest absolute Gasteiger partial charge is 0.0884 e. The second-order valence-electron chi connectivity index (χ2n) is 1.12. The zero-order chi connectivity index (χ0) is 7.66. The molecule has 1 heteroatoms. The van der Waals surface area contributed by atoms with Crippen molar-refractivity contribution < 1.29 is 0 Å². The molecule has 0 aliphatic carbocycles. The van der Waals surface area contributed by atoms with Crippen LogP contribution in [0.4, 0.5) is 0 Å². The molecule has 0 rings (SSSR count). The Morgan fingerprint density at radius 2 is 1.80 bits per heavy atom. The van der Waals surface area contributed by atoms with Gasteiger partial charge in [0, 0.05) is 11.6 Å². The molecule has 0 aromatic carbocycles. The molecular formula is C9H5N. The number of hydrogen-bond acceptors (Lipinski definition) is 1. The Balaban J connectivity index is 4.53. The molecule has 0 aromatic heterocycles. The van der Waals surface area contributed by atoms with Gasteiger partial charge in [-0.05, 0) is 24.6 Å². The molecule has 0 heterocycles. The van der Waals surface area contributed by atoms with Crippen molar-refractivity contribution in [1.82, 2.24) is 0 Å². The Kier molecular flexibility index (Phi) is 5.74. The molecule has 0 aliphatic heterocycles. The van der Waals surface area contributed by atoms with E-state index in [0.717, 1.165) is 0 Å². The van der Waals surface area contributed by atoms with Crippen molar-refractivity contribution in [2.45, 2.75) is 0 Å². The molecule has 0 radical (unpaired) electrons.